The number of nitrogens with one attached hydrogen (secondary N) is 2. The zero-order valence-electron chi connectivity index (χ0n) is 15.3. The van der Waals surface area contributed by atoms with Crippen molar-refractivity contribution in [3.63, 3.8) is 0 Å². The van der Waals surface area contributed by atoms with Gasteiger partial charge in [-0.2, -0.15) is 0 Å². The van der Waals surface area contributed by atoms with E-state index in [-0.39, 0.29) is 0 Å². The maximum atomic E-state index is 12.3. The van der Waals surface area contributed by atoms with E-state index >= 15 is 0 Å². The molecule has 3 rings (SSSR count). The molecular formula is C22H20N2O4. The van der Waals surface area contributed by atoms with Gasteiger partial charge in [-0.3, -0.25) is 20.4 Å². The summed E-state index contributed by atoms with van der Waals surface area (Å²) in [4.78, 5) is 24.3. The number of hydrazine groups is 1. The predicted molar refractivity (Wildman–Crippen MR) is 105 cm³/mol. The van der Waals surface area contributed by atoms with Crippen LogP contribution in [-0.2, 0) is 6.61 Å². The van der Waals surface area contributed by atoms with Crippen LogP contribution in [0, 0.1) is 0 Å². The van der Waals surface area contributed by atoms with E-state index in [0.717, 1.165) is 5.56 Å². The van der Waals surface area contributed by atoms with Gasteiger partial charge in [0.15, 0.2) is 11.5 Å². The van der Waals surface area contributed by atoms with E-state index in [1.807, 2.05) is 36.4 Å². The third-order valence-corrected chi connectivity index (χ3v) is 3.99. The third-order valence-electron chi connectivity index (χ3n) is 3.99. The van der Waals surface area contributed by atoms with E-state index in [0.29, 0.717) is 29.2 Å². The maximum absolute atomic E-state index is 12.3. The maximum Gasteiger partial charge on any atom is 0.269 e. The second kappa shape index (κ2) is 9.23. The number of ether oxygens (including phenoxy) is 2. The molecule has 0 bridgehead atoms. The molecule has 0 aliphatic carbocycles. The van der Waals surface area contributed by atoms with Crippen LogP contribution in [0.15, 0.2) is 78.9 Å². The molecule has 0 aliphatic heterocycles. The topological polar surface area (TPSA) is 76.7 Å². The summed E-state index contributed by atoms with van der Waals surface area (Å²) in [5, 5.41) is 0. The number of carbonyl (C=O) groups is 2. The second-order valence-electron chi connectivity index (χ2n) is 5.91. The van der Waals surface area contributed by atoms with Gasteiger partial charge in [0, 0.05) is 11.1 Å². The van der Waals surface area contributed by atoms with Crippen LogP contribution >= 0.6 is 0 Å². The first-order valence-corrected chi connectivity index (χ1v) is 8.68. The van der Waals surface area contributed by atoms with Crippen molar-refractivity contribution in [3.8, 4) is 11.5 Å². The zero-order valence-corrected chi connectivity index (χ0v) is 15.3. The minimum Gasteiger partial charge on any atom is -0.493 e. The fourth-order valence-electron chi connectivity index (χ4n) is 2.51. The van der Waals surface area contributed by atoms with Gasteiger partial charge in [-0.15, -0.1) is 0 Å². The molecular weight excluding hydrogens is 356 g/mol. The molecule has 142 valence electrons. The van der Waals surface area contributed by atoms with Gasteiger partial charge in [-0.05, 0) is 35.9 Å². The highest BCUT2D eigenvalue weighted by atomic mass is 16.5. The van der Waals surface area contributed by atoms with Gasteiger partial charge in [-0.1, -0.05) is 48.5 Å². The van der Waals surface area contributed by atoms with E-state index in [4.69, 9.17) is 9.47 Å². The van der Waals surface area contributed by atoms with Gasteiger partial charge in [-0.25, -0.2) is 0 Å². The minimum absolute atomic E-state index is 0.331. The largest absolute Gasteiger partial charge is 0.493 e. The summed E-state index contributed by atoms with van der Waals surface area (Å²) in [7, 11) is 1.50. The Balaban J connectivity index is 1.62. The number of amides is 2. The molecule has 0 heterocycles. The molecule has 0 saturated heterocycles. The number of methoxy groups -OCH3 is 1. The normalized spacial score (nSPS) is 10.0. The quantitative estimate of drug-likeness (QED) is 0.647. The summed E-state index contributed by atoms with van der Waals surface area (Å²) >= 11 is 0. The second-order valence-corrected chi connectivity index (χ2v) is 5.91. The Kier molecular flexibility index (Phi) is 6.25. The summed E-state index contributed by atoms with van der Waals surface area (Å²) in [6.45, 7) is 0.385. The number of hydrogen-bond acceptors (Lipinski definition) is 4. The van der Waals surface area contributed by atoms with Crippen molar-refractivity contribution in [2.75, 3.05) is 7.11 Å². The molecule has 3 aromatic carbocycles. The molecule has 6 heteroatoms. The monoisotopic (exact) mass is 376 g/mol. The molecule has 0 atom stereocenters. The third kappa shape index (κ3) is 4.88. The Hall–Kier alpha value is -3.80. The van der Waals surface area contributed by atoms with E-state index in [1.165, 1.54) is 7.11 Å². The lowest BCUT2D eigenvalue weighted by atomic mass is 10.2. The average Bonchev–Trinajstić information content (AvgIpc) is 2.77. The van der Waals surface area contributed by atoms with Gasteiger partial charge in [0.25, 0.3) is 11.8 Å². The first-order valence-electron chi connectivity index (χ1n) is 8.68. The van der Waals surface area contributed by atoms with Gasteiger partial charge in [0.2, 0.25) is 0 Å². The Morgan fingerprint density at radius 3 is 2.00 bits per heavy atom. The van der Waals surface area contributed by atoms with Crippen LogP contribution in [0.3, 0.4) is 0 Å². The predicted octanol–water partition coefficient (Wildman–Crippen LogP) is 3.35. The standard InChI is InChI=1S/C22H20N2O4/c1-27-20-14-18(12-13-19(20)28-15-16-8-4-2-5-9-16)22(26)24-23-21(25)17-10-6-3-7-11-17/h2-14H,15H2,1H3,(H,23,25)(H,24,26). The molecule has 0 fully saturated rings. The van der Waals surface area contributed by atoms with Crippen molar-refractivity contribution in [1.82, 2.24) is 10.9 Å². The highest BCUT2D eigenvalue weighted by Gasteiger charge is 2.13. The Labute approximate surface area is 163 Å². The summed E-state index contributed by atoms with van der Waals surface area (Å²) in [5.74, 6) is 0.0927. The van der Waals surface area contributed by atoms with Crippen LogP contribution in [0.4, 0.5) is 0 Å². The van der Waals surface area contributed by atoms with Gasteiger partial charge in [0.05, 0.1) is 7.11 Å². The first-order chi connectivity index (χ1) is 13.7. The molecule has 0 spiro atoms. The highest BCUT2D eigenvalue weighted by Crippen LogP contribution is 2.28. The summed E-state index contributed by atoms with van der Waals surface area (Å²) < 4.78 is 11.1. The lowest BCUT2D eigenvalue weighted by Gasteiger charge is -2.13. The Bertz CT molecular complexity index is 943. The van der Waals surface area contributed by atoms with E-state index < -0.39 is 11.8 Å². The minimum atomic E-state index is -0.461. The molecule has 0 radical (unpaired) electrons. The SMILES string of the molecule is COc1cc(C(=O)NNC(=O)c2ccccc2)ccc1OCc1ccccc1. The molecule has 0 aliphatic rings. The van der Waals surface area contributed by atoms with Crippen molar-refractivity contribution >= 4 is 11.8 Å². The molecule has 2 amide bonds. The fourth-order valence-corrected chi connectivity index (χ4v) is 2.51. The Morgan fingerprint density at radius 2 is 1.36 bits per heavy atom. The van der Waals surface area contributed by atoms with Crippen molar-refractivity contribution in [2.24, 2.45) is 0 Å². The highest BCUT2D eigenvalue weighted by molar-refractivity contribution is 5.99. The van der Waals surface area contributed by atoms with Crippen LogP contribution in [0.1, 0.15) is 26.3 Å². The van der Waals surface area contributed by atoms with Crippen LogP contribution in [0.25, 0.3) is 0 Å². The lowest BCUT2D eigenvalue weighted by molar-refractivity contribution is 0.0846. The number of hydrogen-bond donors (Lipinski definition) is 2. The van der Waals surface area contributed by atoms with Crippen molar-refractivity contribution in [1.29, 1.82) is 0 Å². The summed E-state index contributed by atoms with van der Waals surface area (Å²) in [6, 6.07) is 23.2. The van der Waals surface area contributed by atoms with Gasteiger partial charge >= 0.3 is 0 Å². The molecule has 0 saturated carbocycles. The number of carbonyl (C=O) groups excluding carboxylic acids is 2. The van der Waals surface area contributed by atoms with Gasteiger partial charge < -0.3 is 9.47 Å². The van der Waals surface area contributed by atoms with Crippen molar-refractivity contribution in [2.45, 2.75) is 6.61 Å². The average molecular weight is 376 g/mol. The molecule has 2 N–H and O–H groups in total. The van der Waals surface area contributed by atoms with Gasteiger partial charge in [0.1, 0.15) is 6.61 Å². The molecule has 28 heavy (non-hydrogen) atoms. The fraction of sp³-hybridized carbons (Fsp3) is 0.0909. The molecule has 0 unspecified atom stereocenters. The summed E-state index contributed by atoms with van der Waals surface area (Å²) in [5.41, 5.74) is 6.58. The number of rotatable bonds is 6. The van der Waals surface area contributed by atoms with E-state index in [1.54, 1.807) is 42.5 Å². The van der Waals surface area contributed by atoms with E-state index in [9.17, 15) is 9.59 Å². The summed E-state index contributed by atoms with van der Waals surface area (Å²) in [6.07, 6.45) is 0. The molecule has 0 aromatic heterocycles. The van der Waals surface area contributed by atoms with Crippen molar-refractivity contribution in [3.05, 3.63) is 95.6 Å². The van der Waals surface area contributed by atoms with E-state index in [2.05, 4.69) is 10.9 Å². The van der Waals surface area contributed by atoms with Crippen molar-refractivity contribution < 1.29 is 19.1 Å². The lowest BCUT2D eigenvalue weighted by Crippen LogP contribution is -2.41. The first kappa shape index (κ1) is 19.0. The van der Waals surface area contributed by atoms with Crippen LogP contribution in [0.5, 0.6) is 11.5 Å². The zero-order chi connectivity index (χ0) is 19.8. The smallest absolute Gasteiger partial charge is 0.269 e. The number of benzene rings is 3. The molecule has 6 nitrogen and oxygen atoms in total. The molecule has 3 aromatic rings. The Morgan fingerprint density at radius 1 is 0.750 bits per heavy atom. The van der Waals surface area contributed by atoms with Crippen LogP contribution in [0.2, 0.25) is 0 Å². The van der Waals surface area contributed by atoms with Crippen LogP contribution in [-0.4, -0.2) is 18.9 Å². The van der Waals surface area contributed by atoms with Crippen LogP contribution < -0.4 is 20.3 Å².